The van der Waals surface area contributed by atoms with E-state index >= 15 is 0 Å². The highest BCUT2D eigenvalue weighted by atomic mass is 32.2. The fourth-order valence-electron chi connectivity index (χ4n) is 2.65. The maximum Gasteiger partial charge on any atom is 0.329 e. The normalized spacial score (nSPS) is 18.2. The molecule has 1 heterocycles. The molecule has 0 saturated heterocycles. The summed E-state index contributed by atoms with van der Waals surface area (Å²) in [4.78, 5) is 26.2. The van der Waals surface area contributed by atoms with Crippen molar-refractivity contribution >= 4 is 23.6 Å². The largest absolute Gasteiger partial charge is 0.458 e. The molecule has 0 unspecified atom stereocenters. The Morgan fingerprint density at radius 1 is 1.29 bits per heavy atom. The SMILES string of the molecule is CC(C)C[C@@H](NC(=O)[C@@H]1Cc2ccccc2S1)C(=O)OC(C)(C)C. The van der Waals surface area contributed by atoms with Crippen molar-refractivity contribution in [3.05, 3.63) is 29.8 Å². The maximum absolute atomic E-state index is 12.6. The summed E-state index contributed by atoms with van der Waals surface area (Å²) in [5.74, 6) is -0.158. The van der Waals surface area contributed by atoms with Crippen molar-refractivity contribution in [2.24, 2.45) is 5.92 Å². The van der Waals surface area contributed by atoms with Crippen LogP contribution in [0.25, 0.3) is 0 Å². The molecule has 1 aliphatic rings. The van der Waals surface area contributed by atoms with Crippen LogP contribution >= 0.6 is 11.8 Å². The first-order valence-electron chi connectivity index (χ1n) is 8.43. The molecule has 4 nitrogen and oxygen atoms in total. The first-order chi connectivity index (χ1) is 11.2. The summed E-state index contributed by atoms with van der Waals surface area (Å²) in [6.45, 7) is 9.57. The molecular formula is C19H27NO3S. The summed E-state index contributed by atoms with van der Waals surface area (Å²) in [5.41, 5.74) is 0.635. The van der Waals surface area contributed by atoms with Gasteiger partial charge in [0, 0.05) is 4.90 Å². The van der Waals surface area contributed by atoms with Crippen LogP contribution in [0.15, 0.2) is 29.2 Å². The molecule has 0 fully saturated rings. The number of amides is 1. The van der Waals surface area contributed by atoms with Crippen molar-refractivity contribution in [2.75, 3.05) is 0 Å². The molecule has 0 aliphatic carbocycles. The van der Waals surface area contributed by atoms with Crippen molar-refractivity contribution in [1.82, 2.24) is 5.32 Å². The highest BCUT2D eigenvalue weighted by molar-refractivity contribution is 8.01. The van der Waals surface area contributed by atoms with Crippen molar-refractivity contribution < 1.29 is 14.3 Å². The number of esters is 1. The van der Waals surface area contributed by atoms with Crippen LogP contribution in [0.2, 0.25) is 0 Å². The van der Waals surface area contributed by atoms with Crippen LogP contribution in [0.1, 0.15) is 46.6 Å². The topological polar surface area (TPSA) is 55.4 Å². The van der Waals surface area contributed by atoms with Gasteiger partial charge in [0.15, 0.2) is 0 Å². The number of carbonyl (C=O) groups excluding carboxylic acids is 2. The van der Waals surface area contributed by atoms with Crippen LogP contribution in [-0.4, -0.2) is 28.8 Å². The van der Waals surface area contributed by atoms with Gasteiger partial charge < -0.3 is 10.1 Å². The van der Waals surface area contributed by atoms with E-state index in [-0.39, 0.29) is 23.0 Å². The number of hydrogen-bond donors (Lipinski definition) is 1. The second kappa shape index (κ2) is 7.60. The highest BCUT2D eigenvalue weighted by Crippen LogP contribution is 2.36. The smallest absolute Gasteiger partial charge is 0.329 e. The van der Waals surface area contributed by atoms with E-state index in [4.69, 9.17) is 4.74 Å². The van der Waals surface area contributed by atoms with Crippen molar-refractivity contribution in [3.63, 3.8) is 0 Å². The van der Waals surface area contributed by atoms with Crippen LogP contribution in [0.4, 0.5) is 0 Å². The standard InChI is InChI=1S/C19H27NO3S/c1-12(2)10-14(18(22)23-19(3,4)5)20-17(21)16-11-13-8-6-7-9-15(13)24-16/h6-9,12,14,16H,10-11H2,1-5H3,(H,20,21)/t14-,16+/m1/s1. The second-order valence-electron chi connectivity index (χ2n) is 7.64. The molecule has 0 radical (unpaired) electrons. The van der Waals surface area contributed by atoms with Crippen LogP contribution in [0.3, 0.4) is 0 Å². The number of rotatable bonds is 5. The van der Waals surface area contributed by atoms with Crippen LogP contribution in [-0.2, 0) is 20.7 Å². The average molecular weight is 349 g/mol. The van der Waals surface area contributed by atoms with Gasteiger partial charge in [-0.2, -0.15) is 0 Å². The number of ether oxygens (including phenoxy) is 1. The number of carbonyl (C=O) groups is 2. The lowest BCUT2D eigenvalue weighted by molar-refractivity contribution is -0.159. The van der Waals surface area contributed by atoms with Gasteiger partial charge >= 0.3 is 5.97 Å². The molecule has 2 rings (SSSR count). The minimum absolute atomic E-state index is 0.0901. The zero-order chi connectivity index (χ0) is 17.9. The third-order valence-corrected chi connectivity index (χ3v) is 4.97. The monoisotopic (exact) mass is 349 g/mol. The fourth-order valence-corrected chi connectivity index (χ4v) is 3.86. The highest BCUT2D eigenvalue weighted by Gasteiger charge is 2.33. The summed E-state index contributed by atoms with van der Waals surface area (Å²) >= 11 is 1.57. The zero-order valence-corrected chi connectivity index (χ0v) is 15.9. The van der Waals surface area contributed by atoms with Gasteiger partial charge in [-0.15, -0.1) is 11.8 Å². The third-order valence-electron chi connectivity index (χ3n) is 3.65. The molecule has 1 aromatic rings. The van der Waals surface area contributed by atoms with Crippen molar-refractivity contribution in [1.29, 1.82) is 0 Å². The summed E-state index contributed by atoms with van der Waals surface area (Å²) in [7, 11) is 0. The first kappa shape index (κ1) is 18.8. The van der Waals surface area contributed by atoms with E-state index in [0.29, 0.717) is 12.8 Å². The molecule has 0 spiro atoms. The Bertz CT molecular complexity index is 582. The number of hydrogen-bond acceptors (Lipinski definition) is 4. The fraction of sp³-hybridized carbons (Fsp3) is 0.579. The predicted octanol–water partition coefficient (Wildman–Crippen LogP) is 3.58. The van der Waals surface area contributed by atoms with Crippen molar-refractivity contribution in [2.45, 2.75) is 69.2 Å². The van der Waals surface area contributed by atoms with Gasteiger partial charge in [0.1, 0.15) is 11.6 Å². The van der Waals surface area contributed by atoms with E-state index in [0.717, 1.165) is 4.90 Å². The summed E-state index contributed by atoms with van der Waals surface area (Å²) in [6, 6.07) is 7.46. The third kappa shape index (κ3) is 5.26. The molecule has 1 N–H and O–H groups in total. The van der Waals surface area contributed by atoms with Gasteiger partial charge in [0.25, 0.3) is 0 Å². The molecule has 1 aliphatic heterocycles. The van der Waals surface area contributed by atoms with Crippen LogP contribution in [0, 0.1) is 5.92 Å². The molecular weight excluding hydrogens is 322 g/mol. The Morgan fingerprint density at radius 2 is 1.96 bits per heavy atom. The summed E-state index contributed by atoms with van der Waals surface area (Å²) in [6.07, 6.45) is 1.28. The van der Waals surface area contributed by atoms with E-state index in [1.165, 1.54) is 5.56 Å². The van der Waals surface area contributed by atoms with Gasteiger partial charge in [-0.1, -0.05) is 32.0 Å². The lowest BCUT2D eigenvalue weighted by Crippen LogP contribution is -2.47. The maximum atomic E-state index is 12.6. The number of fused-ring (bicyclic) bond motifs is 1. The number of benzene rings is 1. The molecule has 5 heteroatoms. The minimum atomic E-state index is -0.596. The van der Waals surface area contributed by atoms with Gasteiger partial charge in [-0.3, -0.25) is 4.79 Å². The Labute approximate surface area is 148 Å². The van der Waals surface area contributed by atoms with Crippen molar-refractivity contribution in [3.8, 4) is 0 Å². The molecule has 1 amide bonds. The van der Waals surface area contributed by atoms with E-state index in [2.05, 4.69) is 11.4 Å². The van der Waals surface area contributed by atoms with Crippen LogP contribution in [0.5, 0.6) is 0 Å². The number of nitrogens with one attached hydrogen (secondary N) is 1. The Balaban J connectivity index is 2.01. The molecule has 132 valence electrons. The Hall–Kier alpha value is -1.49. The van der Waals surface area contributed by atoms with E-state index in [9.17, 15) is 9.59 Å². The molecule has 1 aromatic carbocycles. The van der Waals surface area contributed by atoms with E-state index < -0.39 is 11.6 Å². The quantitative estimate of drug-likeness (QED) is 0.826. The van der Waals surface area contributed by atoms with Gasteiger partial charge in [0.2, 0.25) is 5.91 Å². The average Bonchev–Trinajstić information content (AvgIpc) is 2.88. The molecule has 0 saturated carbocycles. The van der Waals surface area contributed by atoms with Crippen LogP contribution < -0.4 is 5.32 Å². The van der Waals surface area contributed by atoms with Gasteiger partial charge in [-0.25, -0.2) is 4.79 Å². The lowest BCUT2D eigenvalue weighted by Gasteiger charge is -2.26. The first-order valence-corrected chi connectivity index (χ1v) is 9.31. The number of thioether (sulfide) groups is 1. The van der Waals surface area contributed by atoms with E-state index in [1.54, 1.807) is 11.8 Å². The Morgan fingerprint density at radius 3 is 2.54 bits per heavy atom. The van der Waals surface area contributed by atoms with Gasteiger partial charge in [-0.05, 0) is 51.2 Å². The predicted molar refractivity (Wildman–Crippen MR) is 97.0 cm³/mol. The second-order valence-corrected chi connectivity index (χ2v) is 8.89. The molecule has 0 bridgehead atoms. The molecule has 24 heavy (non-hydrogen) atoms. The molecule has 2 atom stereocenters. The van der Waals surface area contributed by atoms with E-state index in [1.807, 2.05) is 52.8 Å². The minimum Gasteiger partial charge on any atom is -0.458 e. The van der Waals surface area contributed by atoms with Gasteiger partial charge in [0.05, 0.1) is 5.25 Å². The zero-order valence-electron chi connectivity index (χ0n) is 15.1. The Kier molecular flexibility index (Phi) is 5.97. The molecule has 0 aromatic heterocycles. The lowest BCUT2D eigenvalue weighted by atomic mass is 10.0. The summed E-state index contributed by atoms with van der Waals surface area (Å²) in [5, 5.41) is 2.73. The summed E-state index contributed by atoms with van der Waals surface area (Å²) < 4.78 is 5.47.